The molecule has 2 amide bonds. The van der Waals surface area contributed by atoms with Gasteiger partial charge in [0.1, 0.15) is 0 Å². The second kappa shape index (κ2) is 4.44. The first-order valence-electron chi connectivity index (χ1n) is 5.77. The van der Waals surface area contributed by atoms with Crippen LogP contribution in [0.2, 0.25) is 0 Å². The molecule has 3 atom stereocenters. The van der Waals surface area contributed by atoms with Crippen molar-refractivity contribution in [3.8, 4) is 0 Å². The Labute approximate surface area is 99.0 Å². The molecule has 0 radical (unpaired) electrons. The highest BCUT2D eigenvalue weighted by molar-refractivity contribution is 6.05. The zero-order valence-electron chi connectivity index (χ0n) is 9.68. The molecule has 6 nitrogen and oxygen atoms in total. The Hall–Kier alpha value is -1.43. The average molecular weight is 240 g/mol. The van der Waals surface area contributed by atoms with Gasteiger partial charge in [0.15, 0.2) is 0 Å². The van der Waals surface area contributed by atoms with Gasteiger partial charge in [-0.3, -0.25) is 19.7 Å². The molecule has 2 saturated heterocycles. The maximum atomic E-state index is 11.6. The molecule has 17 heavy (non-hydrogen) atoms. The Kier molecular flexibility index (Phi) is 3.15. The van der Waals surface area contributed by atoms with E-state index < -0.39 is 23.7 Å². The molecule has 0 aromatic carbocycles. The SMILES string of the molecule is CN1CCCC1C(C(=O)O)C1CC(=O)NC1=O. The van der Waals surface area contributed by atoms with Gasteiger partial charge in [0.2, 0.25) is 11.8 Å². The molecule has 2 aliphatic rings. The minimum atomic E-state index is -0.987. The summed E-state index contributed by atoms with van der Waals surface area (Å²) in [5.41, 5.74) is 0. The maximum absolute atomic E-state index is 11.6. The lowest BCUT2D eigenvalue weighted by molar-refractivity contribution is -0.148. The van der Waals surface area contributed by atoms with Crippen LogP contribution in [0, 0.1) is 11.8 Å². The molecule has 94 valence electrons. The van der Waals surface area contributed by atoms with Crippen LogP contribution in [-0.4, -0.2) is 47.4 Å². The van der Waals surface area contributed by atoms with Gasteiger partial charge in [0, 0.05) is 12.5 Å². The number of rotatable bonds is 3. The Morgan fingerprint density at radius 3 is 2.65 bits per heavy atom. The van der Waals surface area contributed by atoms with E-state index in [2.05, 4.69) is 5.32 Å². The summed E-state index contributed by atoms with van der Waals surface area (Å²) in [7, 11) is 1.86. The van der Waals surface area contributed by atoms with Gasteiger partial charge < -0.3 is 10.0 Å². The molecule has 2 rings (SSSR count). The lowest BCUT2D eigenvalue weighted by Gasteiger charge is -2.28. The van der Waals surface area contributed by atoms with E-state index in [1.54, 1.807) is 0 Å². The van der Waals surface area contributed by atoms with Crippen molar-refractivity contribution in [2.75, 3.05) is 13.6 Å². The van der Waals surface area contributed by atoms with Gasteiger partial charge in [-0.2, -0.15) is 0 Å². The summed E-state index contributed by atoms with van der Waals surface area (Å²) < 4.78 is 0. The number of aliphatic carboxylic acids is 1. The van der Waals surface area contributed by atoms with Gasteiger partial charge in [0.05, 0.1) is 11.8 Å². The van der Waals surface area contributed by atoms with Crippen molar-refractivity contribution in [1.29, 1.82) is 0 Å². The first-order chi connectivity index (χ1) is 8.00. The van der Waals surface area contributed by atoms with Crippen LogP contribution >= 0.6 is 0 Å². The summed E-state index contributed by atoms with van der Waals surface area (Å²) in [5.74, 6) is -3.30. The standard InChI is InChI=1S/C11H16N2O4/c1-13-4-2-3-7(13)9(11(16)17)6-5-8(14)12-10(6)15/h6-7,9H,2-5H2,1H3,(H,16,17)(H,12,14,15). The number of carboxylic acid groups (broad SMARTS) is 1. The van der Waals surface area contributed by atoms with E-state index in [9.17, 15) is 19.5 Å². The molecule has 2 N–H and O–H groups in total. The molecule has 0 aromatic heterocycles. The van der Waals surface area contributed by atoms with Crippen LogP contribution in [0.1, 0.15) is 19.3 Å². The van der Waals surface area contributed by atoms with Crippen molar-refractivity contribution < 1.29 is 19.5 Å². The highest BCUT2D eigenvalue weighted by Gasteiger charge is 2.46. The van der Waals surface area contributed by atoms with Gasteiger partial charge in [-0.15, -0.1) is 0 Å². The van der Waals surface area contributed by atoms with E-state index in [0.717, 1.165) is 19.4 Å². The van der Waals surface area contributed by atoms with Gasteiger partial charge in [-0.05, 0) is 26.4 Å². The summed E-state index contributed by atoms with van der Waals surface area (Å²) in [6.45, 7) is 0.844. The predicted octanol–water partition coefficient (Wildman–Crippen LogP) is -0.556. The van der Waals surface area contributed by atoms with Gasteiger partial charge in [-0.25, -0.2) is 0 Å². The Morgan fingerprint density at radius 1 is 1.53 bits per heavy atom. The van der Waals surface area contributed by atoms with E-state index in [0.29, 0.717) is 0 Å². The number of imide groups is 1. The largest absolute Gasteiger partial charge is 0.481 e. The number of amides is 2. The minimum absolute atomic E-state index is 0.000139. The number of nitrogens with zero attached hydrogens (tertiary/aromatic N) is 1. The van der Waals surface area contributed by atoms with Crippen molar-refractivity contribution in [1.82, 2.24) is 10.2 Å². The highest BCUT2D eigenvalue weighted by atomic mass is 16.4. The third kappa shape index (κ3) is 2.17. The molecule has 6 heteroatoms. The van der Waals surface area contributed by atoms with E-state index in [-0.39, 0.29) is 18.4 Å². The lowest BCUT2D eigenvalue weighted by atomic mass is 9.83. The van der Waals surface area contributed by atoms with E-state index in [1.165, 1.54) is 0 Å². The predicted molar refractivity (Wildman–Crippen MR) is 58.0 cm³/mol. The van der Waals surface area contributed by atoms with Crippen molar-refractivity contribution in [2.24, 2.45) is 11.8 Å². The summed E-state index contributed by atoms with van der Waals surface area (Å²) in [6, 6.07) is -0.144. The number of carboxylic acids is 1. The third-order valence-electron chi connectivity index (χ3n) is 3.71. The van der Waals surface area contributed by atoms with Crippen molar-refractivity contribution >= 4 is 17.8 Å². The molecule has 0 saturated carbocycles. The van der Waals surface area contributed by atoms with Gasteiger partial charge in [0.25, 0.3) is 0 Å². The summed E-state index contributed by atoms with van der Waals surface area (Å²) >= 11 is 0. The smallest absolute Gasteiger partial charge is 0.308 e. The number of carbonyl (C=O) groups is 3. The first kappa shape index (κ1) is 12.0. The molecule has 2 aliphatic heterocycles. The molecular formula is C11H16N2O4. The molecule has 0 aliphatic carbocycles. The van der Waals surface area contributed by atoms with Crippen LogP contribution in [0.25, 0.3) is 0 Å². The molecule has 3 unspecified atom stereocenters. The monoisotopic (exact) mass is 240 g/mol. The van der Waals surface area contributed by atoms with Gasteiger partial charge in [-0.1, -0.05) is 0 Å². The van der Waals surface area contributed by atoms with E-state index in [4.69, 9.17) is 0 Å². The maximum Gasteiger partial charge on any atom is 0.308 e. The van der Waals surface area contributed by atoms with Crippen LogP contribution in [-0.2, 0) is 14.4 Å². The summed E-state index contributed by atoms with van der Waals surface area (Å²) in [5, 5.41) is 11.5. The second-order valence-corrected chi connectivity index (χ2v) is 4.78. The van der Waals surface area contributed by atoms with Crippen LogP contribution < -0.4 is 5.32 Å². The number of nitrogens with one attached hydrogen (secondary N) is 1. The normalized spacial score (nSPS) is 31.6. The fraction of sp³-hybridized carbons (Fsp3) is 0.727. The summed E-state index contributed by atoms with van der Waals surface area (Å²) in [4.78, 5) is 36.0. The third-order valence-corrected chi connectivity index (χ3v) is 3.71. The molecule has 2 fully saturated rings. The van der Waals surface area contributed by atoms with Gasteiger partial charge >= 0.3 is 5.97 Å². The molecule has 2 heterocycles. The lowest BCUT2D eigenvalue weighted by Crippen LogP contribution is -2.43. The second-order valence-electron chi connectivity index (χ2n) is 4.78. The molecular weight excluding hydrogens is 224 g/mol. The fourth-order valence-electron chi connectivity index (χ4n) is 2.86. The van der Waals surface area contributed by atoms with Crippen molar-refractivity contribution in [3.05, 3.63) is 0 Å². The van der Waals surface area contributed by atoms with Crippen LogP contribution in [0.5, 0.6) is 0 Å². The molecule has 0 spiro atoms. The first-order valence-corrected chi connectivity index (χ1v) is 5.77. The topological polar surface area (TPSA) is 86.7 Å². The fourth-order valence-corrected chi connectivity index (χ4v) is 2.86. The number of carbonyl (C=O) groups excluding carboxylic acids is 2. The number of hydrogen-bond donors (Lipinski definition) is 2. The minimum Gasteiger partial charge on any atom is -0.481 e. The molecule has 0 aromatic rings. The quantitative estimate of drug-likeness (QED) is 0.646. The van der Waals surface area contributed by atoms with Crippen LogP contribution in [0.4, 0.5) is 0 Å². The zero-order chi connectivity index (χ0) is 12.6. The van der Waals surface area contributed by atoms with E-state index in [1.807, 2.05) is 11.9 Å². The van der Waals surface area contributed by atoms with E-state index >= 15 is 0 Å². The average Bonchev–Trinajstić information content (AvgIpc) is 2.75. The van der Waals surface area contributed by atoms with Crippen molar-refractivity contribution in [3.63, 3.8) is 0 Å². The zero-order valence-corrected chi connectivity index (χ0v) is 9.68. The Balaban J connectivity index is 2.20. The Morgan fingerprint density at radius 2 is 2.24 bits per heavy atom. The van der Waals surface area contributed by atoms with Crippen LogP contribution in [0.3, 0.4) is 0 Å². The molecule has 0 bridgehead atoms. The van der Waals surface area contributed by atoms with Crippen LogP contribution in [0.15, 0.2) is 0 Å². The Bertz CT molecular complexity index is 368. The number of likely N-dealkylation sites (tertiary alicyclic amines) is 1. The van der Waals surface area contributed by atoms with Crippen molar-refractivity contribution in [2.45, 2.75) is 25.3 Å². The summed E-state index contributed by atoms with van der Waals surface area (Å²) in [6.07, 6.45) is 1.71. The number of hydrogen-bond acceptors (Lipinski definition) is 4. The highest BCUT2D eigenvalue weighted by Crippen LogP contribution is 2.31.